The molecular weight excluding hydrogens is 240 g/mol. The molecule has 0 saturated carbocycles. The van der Waals surface area contributed by atoms with E-state index in [2.05, 4.69) is 13.8 Å². The molecule has 4 nitrogen and oxygen atoms in total. The van der Waals surface area contributed by atoms with E-state index in [9.17, 15) is 4.79 Å². The molecule has 1 amide bonds. The van der Waals surface area contributed by atoms with Gasteiger partial charge in [-0.25, -0.2) is 0 Å². The topological polar surface area (TPSA) is 55.6 Å². The lowest BCUT2D eigenvalue weighted by Crippen LogP contribution is -2.42. The number of nitrogens with zero attached hydrogens (tertiary/aromatic N) is 1. The van der Waals surface area contributed by atoms with Gasteiger partial charge in [-0.05, 0) is 37.1 Å². The molecule has 106 valence electrons. The number of nitrogens with two attached hydrogens (primary N) is 1. The first-order valence-electron chi connectivity index (χ1n) is 6.82. The van der Waals surface area contributed by atoms with Crippen molar-refractivity contribution in [2.24, 2.45) is 5.73 Å². The third kappa shape index (κ3) is 3.96. The van der Waals surface area contributed by atoms with Gasteiger partial charge < -0.3 is 15.4 Å². The lowest BCUT2D eigenvalue weighted by atomic mass is 10.1. The second kappa shape index (κ2) is 7.79. The van der Waals surface area contributed by atoms with Crippen molar-refractivity contribution in [1.82, 2.24) is 4.90 Å². The molecule has 0 unspecified atom stereocenters. The number of rotatable bonds is 7. The Bertz CT molecular complexity index is 386. The number of benzene rings is 1. The predicted molar refractivity (Wildman–Crippen MR) is 77.5 cm³/mol. The highest BCUT2D eigenvalue weighted by Crippen LogP contribution is 2.16. The molecule has 0 saturated heterocycles. The minimum absolute atomic E-state index is 0.0433. The molecule has 4 heteroatoms. The summed E-state index contributed by atoms with van der Waals surface area (Å²) in [6.45, 7) is 5.27. The predicted octanol–water partition coefficient (Wildman–Crippen LogP) is 2.28. The zero-order valence-corrected chi connectivity index (χ0v) is 12.1. The highest BCUT2D eigenvalue weighted by molar-refractivity contribution is 5.94. The average Bonchev–Trinajstić information content (AvgIpc) is 2.47. The molecule has 0 aromatic heterocycles. The fourth-order valence-corrected chi connectivity index (χ4v) is 2.22. The van der Waals surface area contributed by atoms with Crippen LogP contribution in [0.25, 0.3) is 0 Å². The number of carbonyl (C=O) groups is 1. The number of hydrogen-bond donors (Lipinski definition) is 1. The summed E-state index contributed by atoms with van der Waals surface area (Å²) >= 11 is 0. The van der Waals surface area contributed by atoms with E-state index in [4.69, 9.17) is 10.5 Å². The molecule has 0 fully saturated rings. The van der Waals surface area contributed by atoms with Gasteiger partial charge in [0.1, 0.15) is 5.75 Å². The largest absolute Gasteiger partial charge is 0.497 e. The maximum Gasteiger partial charge on any atom is 0.254 e. The highest BCUT2D eigenvalue weighted by atomic mass is 16.5. The van der Waals surface area contributed by atoms with Crippen molar-refractivity contribution in [3.05, 3.63) is 29.8 Å². The first-order chi connectivity index (χ1) is 9.17. The molecular formula is C15H24N2O2. The zero-order valence-electron chi connectivity index (χ0n) is 12.1. The highest BCUT2D eigenvalue weighted by Gasteiger charge is 2.21. The van der Waals surface area contributed by atoms with E-state index < -0.39 is 0 Å². The van der Waals surface area contributed by atoms with Crippen molar-refractivity contribution in [2.75, 3.05) is 20.2 Å². The second-order valence-corrected chi connectivity index (χ2v) is 4.49. The Morgan fingerprint density at radius 2 is 1.84 bits per heavy atom. The quantitative estimate of drug-likeness (QED) is 0.822. The van der Waals surface area contributed by atoms with Crippen molar-refractivity contribution < 1.29 is 9.53 Å². The lowest BCUT2D eigenvalue weighted by Gasteiger charge is -2.30. The van der Waals surface area contributed by atoms with E-state index in [-0.39, 0.29) is 11.9 Å². The van der Waals surface area contributed by atoms with Crippen LogP contribution in [0.1, 0.15) is 37.0 Å². The minimum atomic E-state index is 0.0433. The summed E-state index contributed by atoms with van der Waals surface area (Å²) in [5, 5.41) is 0. The van der Waals surface area contributed by atoms with Crippen molar-refractivity contribution in [2.45, 2.75) is 32.7 Å². The molecule has 0 spiro atoms. The van der Waals surface area contributed by atoms with Crippen LogP contribution in [0.3, 0.4) is 0 Å². The van der Waals surface area contributed by atoms with Gasteiger partial charge in [-0.1, -0.05) is 13.8 Å². The summed E-state index contributed by atoms with van der Waals surface area (Å²) in [6.07, 6.45) is 1.89. The summed E-state index contributed by atoms with van der Waals surface area (Å²) in [5.74, 6) is 0.797. The van der Waals surface area contributed by atoms with Crippen LogP contribution in [0, 0.1) is 0 Å². The summed E-state index contributed by atoms with van der Waals surface area (Å²) in [5.41, 5.74) is 6.31. The normalized spacial score (nSPS) is 10.6. The first-order valence-corrected chi connectivity index (χ1v) is 6.82. The fraction of sp³-hybridized carbons (Fsp3) is 0.533. The molecule has 0 aliphatic heterocycles. The third-order valence-electron chi connectivity index (χ3n) is 3.35. The van der Waals surface area contributed by atoms with Crippen LogP contribution in [0.15, 0.2) is 24.3 Å². The number of hydrogen-bond acceptors (Lipinski definition) is 3. The van der Waals surface area contributed by atoms with Crippen molar-refractivity contribution in [1.29, 1.82) is 0 Å². The Morgan fingerprint density at radius 3 is 2.26 bits per heavy atom. The van der Waals surface area contributed by atoms with Crippen LogP contribution < -0.4 is 10.5 Å². The van der Waals surface area contributed by atoms with Gasteiger partial charge in [0.05, 0.1) is 7.11 Å². The first kappa shape index (κ1) is 15.5. The van der Waals surface area contributed by atoms with E-state index in [0.717, 1.165) is 18.6 Å². The molecule has 0 heterocycles. The average molecular weight is 264 g/mol. The van der Waals surface area contributed by atoms with Gasteiger partial charge in [-0.2, -0.15) is 0 Å². The van der Waals surface area contributed by atoms with Gasteiger partial charge in [0.15, 0.2) is 0 Å². The molecule has 1 aromatic carbocycles. The van der Waals surface area contributed by atoms with Gasteiger partial charge in [0, 0.05) is 24.7 Å². The van der Waals surface area contributed by atoms with Crippen LogP contribution >= 0.6 is 0 Å². The molecule has 19 heavy (non-hydrogen) atoms. The molecule has 0 radical (unpaired) electrons. The van der Waals surface area contributed by atoms with E-state index in [1.165, 1.54) is 0 Å². The monoisotopic (exact) mass is 264 g/mol. The van der Waals surface area contributed by atoms with Gasteiger partial charge in [0.25, 0.3) is 5.91 Å². The standard InChI is InChI=1S/C15H24N2O2/c1-4-13(5-2)17(11-10-16)15(18)12-6-8-14(19-3)9-7-12/h6-9,13H,4-5,10-11,16H2,1-3H3. The van der Waals surface area contributed by atoms with Crippen LogP contribution in [-0.2, 0) is 0 Å². The molecule has 1 aromatic rings. The summed E-state index contributed by atoms with van der Waals surface area (Å²) < 4.78 is 5.10. The number of ether oxygens (including phenoxy) is 1. The SMILES string of the molecule is CCC(CC)N(CCN)C(=O)c1ccc(OC)cc1. The maximum atomic E-state index is 12.5. The van der Waals surface area contributed by atoms with Crippen LogP contribution in [0.4, 0.5) is 0 Å². The Morgan fingerprint density at radius 1 is 1.26 bits per heavy atom. The van der Waals surface area contributed by atoms with Crippen molar-refractivity contribution >= 4 is 5.91 Å². The van der Waals surface area contributed by atoms with Crippen molar-refractivity contribution in [3.8, 4) is 5.75 Å². The number of amides is 1. The second-order valence-electron chi connectivity index (χ2n) is 4.49. The smallest absolute Gasteiger partial charge is 0.254 e. The van der Waals surface area contributed by atoms with E-state index in [1.54, 1.807) is 31.4 Å². The van der Waals surface area contributed by atoms with Crippen LogP contribution in [0.5, 0.6) is 5.75 Å². The molecule has 0 aliphatic carbocycles. The number of carbonyl (C=O) groups excluding carboxylic acids is 1. The minimum Gasteiger partial charge on any atom is -0.497 e. The van der Waals surface area contributed by atoms with E-state index in [1.807, 2.05) is 4.90 Å². The van der Waals surface area contributed by atoms with Crippen LogP contribution in [-0.4, -0.2) is 37.0 Å². The van der Waals surface area contributed by atoms with Crippen molar-refractivity contribution in [3.63, 3.8) is 0 Å². The Labute approximate surface area is 115 Å². The molecule has 0 bridgehead atoms. The molecule has 0 aliphatic rings. The molecule has 0 atom stereocenters. The molecule has 1 rings (SSSR count). The summed E-state index contributed by atoms with van der Waals surface area (Å²) in [6, 6.07) is 7.46. The number of methoxy groups -OCH3 is 1. The Balaban J connectivity index is 2.91. The molecule has 2 N–H and O–H groups in total. The van der Waals surface area contributed by atoms with Gasteiger partial charge >= 0.3 is 0 Å². The maximum absolute atomic E-state index is 12.5. The van der Waals surface area contributed by atoms with Crippen LogP contribution in [0.2, 0.25) is 0 Å². The summed E-state index contributed by atoms with van der Waals surface area (Å²) in [4.78, 5) is 14.4. The fourth-order valence-electron chi connectivity index (χ4n) is 2.22. The van der Waals surface area contributed by atoms with Gasteiger partial charge in [-0.3, -0.25) is 4.79 Å². The zero-order chi connectivity index (χ0) is 14.3. The lowest BCUT2D eigenvalue weighted by molar-refractivity contribution is 0.0674. The Hall–Kier alpha value is -1.55. The van der Waals surface area contributed by atoms with E-state index in [0.29, 0.717) is 18.7 Å². The Kier molecular flexibility index (Phi) is 6.36. The van der Waals surface area contributed by atoms with Gasteiger partial charge in [0.2, 0.25) is 0 Å². The van der Waals surface area contributed by atoms with E-state index >= 15 is 0 Å². The third-order valence-corrected chi connectivity index (χ3v) is 3.35. The van der Waals surface area contributed by atoms with Gasteiger partial charge in [-0.15, -0.1) is 0 Å². The summed E-state index contributed by atoms with van der Waals surface area (Å²) in [7, 11) is 1.61.